The van der Waals surface area contributed by atoms with Gasteiger partial charge in [-0.25, -0.2) is 9.97 Å². The molecule has 6 N–H and O–H groups in total. The van der Waals surface area contributed by atoms with Gasteiger partial charge in [-0.2, -0.15) is 0 Å². The smallest absolute Gasteiger partial charge is 0.108 e. The van der Waals surface area contributed by atoms with E-state index in [1.54, 1.807) is 0 Å². The number of aryl methyl sites for hydroxylation is 4. The highest BCUT2D eigenvalue weighted by atomic mass is 14.9. The number of nitrogens with two attached hydrogens (primary N) is 2. The fraction of sp³-hybridized carbons (Fsp3) is 0.364. The highest BCUT2D eigenvalue weighted by Crippen LogP contribution is 2.19. The van der Waals surface area contributed by atoms with Crippen molar-refractivity contribution in [1.29, 1.82) is 0 Å². The summed E-state index contributed by atoms with van der Waals surface area (Å²) in [6.45, 7) is 8.41. The fourth-order valence-corrected chi connectivity index (χ4v) is 3.59. The Kier molecular flexibility index (Phi) is 4.69. The number of rotatable bonds is 5. The summed E-state index contributed by atoms with van der Waals surface area (Å²) in [5, 5.41) is 0. The lowest BCUT2D eigenvalue weighted by molar-refractivity contribution is 0.505. The first-order valence-corrected chi connectivity index (χ1v) is 9.73. The SMILES string of the molecule is Cc1cc2nc(CC(N)C(N)Cc3nc4cc(C)c(C)cc4[nH]3)[nH]c2cc1C. The van der Waals surface area contributed by atoms with Crippen LogP contribution in [0.1, 0.15) is 33.9 Å². The zero-order valence-corrected chi connectivity index (χ0v) is 16.9. The summed E-state index contributed by atoms with van der Waals surface area (Å²) in [5.41, 5.74) is 21.8. The molecule has 4 aromatic rings. The van der Waals surface area contributed by atoms with Crippen LogP contribution in [0.3, 0.4) is 0 Å². The van der Waals surface area contributed by atoms with Crippen molar-refractivity contribution in [2.24, 2.45) is 11.5 Å². The molecule has 0 spiro atoms. The van der Waals surface area contributed by atoms with Gasteiger partial charge in [-0.3, -0.25) is 0 Å². The Bertz CT molecular complexity index is 983. The van der Waals surface area contributed by atoms with Gasteiger partial charge in [0.25, 0.3) is 0 Å². The Labute approximate surface area is 164 Å². The maximum Gasteiger partial charge on any atom is 0.108 e. The van der Waals surface area contributed by atoms with Gasteiger partial charge >= 0.3 is 0 Å². The van der Waals surface area contributed by atoms with Crippen LogP contribution in [-0.2, 0) is 12.8 Å². The number of nitrogens with one attached hydrogen (secondary N) is 2. The zero-order chi connectivity index (χ0) is 20.0. The number of aromatic nitrogens is 4. The summed E-state index contributed by atoms with van der Waals surface area (Å²) in [5.74, 6) is 1.75. The molecule has 146 valence electrons. The molecule has 0 aliphatic heterocycles. The van der Waals surface area contributed by atoms with Gasteiger partial charge in [-0.1, -0.05) is 0 Å². The monoisotopic (exact) mass is 376 g/mol. The second kappa shape index (κ2) is 7.04. The molecule has 28 heavy (non-hydrogen) atoms. The Morgan fingerprint density at radius 3 is 1.43 bits per heavy atom. The molecule has 2 heterocycles. The molecule has 2 aromatic carbocycles. The molecule has 6 nitrogen and oxygen atoms in total. The maximum absolute atomic E-state index is 6.39. The van der Waals surface area contributed by atoms with Crippen molar-refractivity contribution in [2.45, 2.75) is 52.6 Å². The molecule has 4 rings (SSSR count). The van der Waals surface area contributed by atoms with E-state index in [2.05, 4.69) is 71.9 Å². The van der Waals surface area contributed by atoms with Crippen LogP contribution in [0.5, 0.6) is 0 Å². The number of fused-ring (bicyclic) bond motifs is 2. The van der Waals surface area contributed by atoms with Gasteiger partial charge in [0.2, 0.25) is 0 Å². The zero-order valence-electron chi connectivity index (χ0n) is 16.9. The third kappa shape index (κ3) is 3.53. The van der Waals surface area contributed by atoms with E-state index in [4.69, 9.17) is 11.5 Å². The van der Waals surface area contributed by atoms with Crippen molar-refractivity contribution in [3.05, 3.63) is 58.2 Å². The van der Waals surface area contributed by atoms with Crippen LogP contribution >= 0.6 is 0 Å². The molecule has 0 amide bonds. The highest BCUT2D eigenvalue weighted by molar-refractivity contribution is 5.77. The van der Waals surface area contributed by atoms with Crippen LogP contribution in [0.15, 0.2) is 24.3 Å². The van der Waals surface area contributed by atoms with E-state index in [-0.39, 0.29) is 12.1 Å². The molecule has 0 radical (unpaired) electrons. The minimum absolute atomic E-state index is 0.209. The Balaban J connectivity index is 1.48. The van der Waals surface area contributed by atoms with E-state index in [0.717, 1.165) is 33.7 Å². The molecule has 2 unspecified atom stereocenters. The Morgan fingerprint density at radius 1 is 0.679 bits per heavy atom. The predicted octanol–water partition coefficient (Wildman–Crippen LogP) is 3.11. The van der Waals surface area contributed by atoms with Gasteiger partial charge < -0.3 is 21.4 Å². The first kappa shape index (κ1) is 18.7. The third-order valence-corrected chi connectivity index (χ3v) is 5.70. The minimum atomic E-state index is -0.209. The van der Waals surface area contributed by atoms with Crippen molar-refractivity contribution in [1.82, 2.24) is 19.9 Å². The average Bonchev–Trinajstić information content (AvgIpc) is 3.18. The summed E-state index contributed by atoms with van der Waals surface area (Å²) >= 11 is 0. The number of aromatic amines is 2. The molecule has 0 bridgehead atoms. The number of nitrogens with zero attached hydrogens (tertiary/aromatic N) is 2. The molecule has 0 fully saturated rings. The first-order valence-electron chi connectivity index (χ1n) is 9.73. The first-order chi connectivity index (χ1) is 13.3. The highest BCUT2D eigenvalue weighted by Gasteiger charge is 2.18. The summed E-state index contributed by atoms with van der Waals surface area (Å²) in [6, 6.07) is 8.05. The third-order valence-electron chi connectivity index (χ3n) is 5.70. The van der Waals surface area contributed by atoms with Gasteiger partial charge in [0.1, 0.15) is 11.6 Å². The second-order valence-corrected chi connectivity index (χ2v) is 8.01. The van der Waals surface area contributed by atoms with Crippen LogP contribution in [0.2, 0.25) is 0 Å². The van der Waals surface area contributed by atoms with Crippen LogP contribution in [0.25, 0.3) is 22.1 Å². The quantitative estimate of drug-likeness (QED) is 0.429. The van der Waals surface area contributed by atoms with Gasteiger partial charge in [0.05, 0.1) is 22.1 Å². The summed E-state index contributed by atoms with van der Waals surface area (Å²) in [6.07, 6.45) is 1.21. The average molecular weight is 377 g/mol. The van der Waals surface area contributed by atoms with E-state index in [1.165, 1.54) is 22.3 Å². The lowest BCUT2D eigenvalue weighted by Crippen LogP contribution is -2.44. The Hall–Kier alpha value is -2.70. The van der Waals surface area contributed by atoms with Crippen molar-refractivity contribution < 1.29 is 0 Å². The maximum atomic E-state index is 6.39. The molecule has 0 saturated heterocycles. The van der Waals surface area contributed by atoms with Crippen molar-refractivity contribution in [3.8, 4) is 0 Å². The number of imidazole rings is 2. The lowest BCUT2D eigenvalue weighted by Gasteiger charge is -2.17. The largest absolute Gasteiger partial charge is 0.342 e. The number of benzene rings is 2. The van der Waals surface area contributed by atoms with Crippen molar-refractivity contribution >= 4 is 22.1 Å². The molecular weight excluding hydrogens is 348 g/mol. The normalized spacial score (nSPS) is 14.1. The van der Waals surface area contributed by atoms with Crippen molar-refractivity contribution in [2.75, 3.05) is 0 Å². The lowest BCUT2D eigenvalue weighted by atomic mass is 10.0. The minimum Gasteiger partial charge on any atom is -0.342 e. The molecular formula is C22H28N6. The number of hydrogen-bond acceptors (Lipinski definition) is 4. The van der Waals surface area contributed by atoms with Gasteiger partial charge in [-0.05, 0) is 74.2 Å². The predicted molar refractivity (Wildman–Crippen MR) is 114 cm³/mol. The molecule has 2 atom stereocenters. The van der Waals surface area contributed by atoms with Gasteiger partial charge in [-0.15, -0.1) is 0 Å². The second-order valence-electron chi connectivity index (χ2n) is 8.01. The van der Waals surface area contributed by atoms with E-state index in [1.807, 2.05) is 0 Å². The summed E-state index contributed by atoms with van der Waals surface area (Å²) < 4.78 is 0. The topological polar surface area (TPSA) is 109 Å². The van der Waals surface area contributed by atoms with Crippen LogP contribution in [-0.4, -0.2) is 32.0 Å². The molecule has 0 saturated carbocycles. The van der Waals surface area contributed by atoms with Crippen LogP contribution in [0, 0.1) is 27.7 Å². The van der Waals surface area contributed by atoms with Gasteiger partial charge in [0, 0.05) is 24.9 Å². The van der Waals surface area contributed by atoms with E-state index >= 15 is 0 Å². The van der Waals surface area contributed by atoms with Gasteiger partial charge in [0.15, 0.2) is 0 Å². The fourth-order valence-electron chi connectivity index (χ4n) is 3.59. The standard InChI is InChI=1S/C22H28N6/c1-11-5-17-18(6-12(11)2)26-21(25-17)9-15(23)16(24)10-22-27-19-7-13(3)14(4)8-20(19)28-22/h5-8,15-16H,9-10,23-24H2,1-4H3,(H,25,26)(H,27,28). The molecule has 2 aromatic heterocycles. The summed E-state index contributed by atoms with van der Waals surface area (Å²) in [7, 11) is 0. The van der Waals surface area contributed by atoms with Crippen LogP contribution in [0.4, 0.5) is 0 Å². The molecule has 0 aliphatic rings. The molecule has 6 heteroatoms. The number of H-pyrrole nitrogens is 2. The van der Waals surface area contributed by atoms with Crippen LogP contribution < -0.4 is 11.5 Å². The molecule has 0 aliphatic carbocycles. The van der Waals surface area contributed by atoms with E-state index < -0.39 is 0 Å². The van der Waals surface area contributed by atoms with E-state index in [0.29, 0.717) is 12.8 Å². The van der Waals surface area contributed by atoms with E-state index in [9.17, 15) is 0 Å². The van der Waals surface area contributed by atoms with Crippen molar-refractivity contribution in [3.63, 3.8) is 0 Å². The Morgan fingerprint density at radius 2 is 1.04 bits per heavy atom. The summed E-state index contributed by atoms with van der Waals surface area (Å²) in [4.78, 5) is 16.1. The number of hydrogen-bond donors (Lipinski definition) is 4.